The van der Waals surface area contributed by atoms with Crippen LogP contribution in [0.4, 0.5) is 0 Å². The van der Waals surface area contributed by atoms with Crippen LogP contribution in [0.3, 0.4) is 0 Å². The van der Waals surface area contributed by atoms with E-state index in [1.165, 1.54) is 0 Å². The third-order valence-electron chi connectivity index (χ3n) is 5.02. The molecular weight excluding hydrogens is 350 g/mol. The smallest absolute Gasteiger partial charge is 0.255 e. The molecule has 26 heavy (non-hydrogen) atoms. The summed E-state index contributed by atoms with van der Waals surface area (Å²) in [6, 6.07) is 1.85. The fraction of sp³-hybridized carbons (Fsp3) is 0.368. The summed E-state index contributed by atoms with van der Waals surface area (Å²) in [5, 5.41) is 1.29. The molecule has 3 aromatic rings. The van der Waals surface area contributed by atoms with Crippen molar-refractivity contribution in [1.29, 1.82) is 0 Å². The standard InChI is InChI=1S/C19H20ClN5O/c1-12-3-7-24(8-4-12)19(26)14-9-15-16(20)11-25(18(15)23-13(14)2)17-10-21-5-6-22-17/h5-6,9-12H,3-4,7-8H2,1-2H3. The topological polar surface area (TPSA) is 63.9 Å². The highest BCUT2D eigenvalue weighted by Crippen LogP contribution is 2.29. The van der Waals surface area contributed by atoms with Gasteiger partial charge in [-0.2, -0.15) is 0 Å². The summed E-state index contributed by atoms with van der Waals surface area (Å²) >= 11 is 6.43. The van der Waals surface area contributed by atoms with Gasteiger partial charge in [0.2, 0.25) is 0 Å². The summed E-state index contributed by atoms with van der Waals surface area (Å²) in [7, 11) is 0. The SMILES string of the molecule is Cc1nc2c(cc1C(=O)N1CCC(C)CC1)c(Cl)cn2-c1cnccn1. The molecule has 1 fully saturated rings. The lowest BCUT2D eigenvalue weighted by Gasteiger charge is -2.30. The second-order valence-electron chi connectivity index (χ2n) is 6.88. The summed E-state index contributed by atoms with van der Waals surface area (Å²) in [6.07, 6.45) is 8.75. The molecule has 4 rings (SSSR count). The van der Waals surface area contributed by atoms with Gasteiger partial charge in [0, 0.05) is 37.1 Å². The van der Waals surface area contributed by atoms with Crippen molar-refractivity contribution in [3.8, 4) is 5.82 Å². The predicted octanol–water partition coefficient (Wildman–Crippen LogP) is 3.65. The van der Waals surface area contributed by atoms with Crippen molar-refractivity contribution >= 4 is 28.5 Å². The van der Waals surface area contributed by atoms with Gasteiger partial charge in [0.15, 0.2) is 5.82 Å². The Bertz CT molecular complexity index is 961. The number of rotatable bonds is 2. The first kappa shape index (κ1) is 17.0. The fourth-order valence-electron chi connectivity index (χ4n) is 3.38. The number of nitrogens with zero attached hydrogens (tertiary/aromatic N) is 5. The molecule has 134 valence electrons. The molecule has 1 aliphatic heterocycles. The summed E-state index contributed by atoms with van der Waals surface area (Å²) < 4.78 is 1.80. The molecule has 1 aliphatic rings. The highest BCUT2D eigenvalue weighted by molar-refractivity contribution is 6.35. The first-order valence-electron chi connectivity index (χ1n) is 8.78. The number of aryl methyl sites for hydroxylation is 1. The molecular formula is C19H20ClN5O. The quantitative estimate of drug-likeness (QED) is 0.691. The fourth-order valence-corrected chi connectivity index (χ4v) is 3.62. The molecule has 4 heterocycles. The molecule has 0 saturated carbocycles. The Morgan fingerprint density at radius 3 is 2.73 bits per heavy atom. The molecule has 6 nitrogen and oxygen atoms in total. The van der Waals surface area contributed by atoms with Crippen molar-refractivity contribution in [3.63, 3.8) is 0 Å². The van der Waals surface area contributed by atoms with E-state index >= 15 is 0 Å². The minimum atomic E-state index is 0.0344. The van der Waals surface area contributed by atoms with Gasteiger partial charge < -0.3 is 4.90 Å². The molecule has 0 N–H and O–H groups in total. The highest BCUT2D eigenvalue weighted by Gasteiger charge is 2.24. The third kappa shape index (κ3) is 2.94. The molecule has 0 spiro atoms. The maximum Gasteiger partial charge on any atom is 0.255 e. The van der Waals surface area contributed by atoms with Crippen LogP contribution in [0.1, 0.15) is 35.8 Å². The van der Waals surface area contributed by atoms with Crippen LogP contribution in [-0.4, -0.2) is 43.4 Å². The van der Waals surface area contributed by atoms with Crippen LogP contribution in [-0.2, 0) is 0 Å². The predicted molar refractivity (Wildman–Crippen MR) is 101 cm³/mol. The minimum absolute atomic E-state index is 0.0344. The Balaban J connectivity index is 1.76. The van der Waals surface area contributed by atoms with Crippen molar-refractivity contribution in [3.05, 3.63) is 47.1 Å². The summed E-state index contributed by atoms with van der Waals surface area (Å²) in [5.41, 5.74) is 1.99. The van der Waals surface area contributed by atoms with Gasteiger partial charge in [0.05, 0.1) is 22.5 Å². The van der Waals surface area contributed by atoms with E-state index < -0.39 is 0 Å². The van der Waals surface area contributed by atoms with Gasteiger partial charge in [-0.25, -0.2) is 9.97 Å². The van der Waals surface area contributed by atoms with Crippen molar-refractivity contribution < 1.29 is 4.79 Å². The van der Waals surface area contributed by atoms with Crippen LogP contribution in [0.5, 0.6) is 0 Å². The lowest BCUT2D eigenvalue weighted by atomic mass is 9.98. The first-order chi connectivity index (χ1) is 12.5. The van der Waals surface area contributed by atoms with Gasteiger partial charge in [0.25, 0.3) is 5.91 Å². The van der Waals surface area contributed by atoms with Crippen molar-refractivity contribution in [1.82, 2.24) is 24.4 Å². The zero-order valence-electron chi connectivity index (χ0n) is 14.8. The number of hydrogen-bond acceptors (Lipinski definition) is 4. The Kier molecular flexibility index (Phi) is 4.36. The Morgan fingerprint density at radius 2 is 2.04 bits per heavy atom. The molecule has 0 aliphatic carbocycles. The van der Waals surface area contributed by atoms with E-state index in [0.717, 1.165) is 31.3 Å². The molecule has 0 aromatic carbocycles. The average Bonchev–Trinajstić information content (AvgIpc) is 2.97. The van der Waals surface area contributed by atoms with Crippen LogP contribution in [0.25, 0.3) is 16.9 Å². The molecule has 7 heteroatoms. The monoisotopic (exact) mass is 369 g/mol. The minimum Gasteiger partial charge on any atom is -0.339 e. The number of piperidine rings is 1. The number of aromatic nitrogens is 4. The zero-order chi connectivity index (χ0) is 18.3. The summed E-state index contributed by atoms with van der Waals surface area (Å²) in [6.45, 7) is 5.69. The molecule has 0 radical (unpaired) electrons. The highest BCUT2D eigenvalue weighted by atomic mass is 35.5. The van der Waals surface area contributed by atoms with E-state index in [0.29, 0.717) is 33.7 Å². The normalized spacial score (nSPS) is 15.6. The van der Waals surface area contributed by atoms with Gasteiger partial charge in [-0.3, -0.25) is 14.3 Å². The van der Waals surface area contributed by atoms with Crippen molar-refractivity contribution in [2.45, 2.75) is 26.7 Å². The lowest BCUT2D eigenvalue weighted by Crippen LogP contribution is -2.38. The maximum atomic E-state index is 13.0. The number of pyridine rings is 1. The van der Waals surface area contributed by atoms with Crippen LogP contribution in [0, 0.1) is 12.8 Å². The lowest BCUT2D eigenvalue weighted by molar-refractivity contribution is 0.0696. The van der Waals surface area contributed by atoms with Gasteiger partial charge in [0.1, 0.15) is 5.65 Å². The van der Waals surface area contributed by atoms with E-state index in [2.05, 4.69) is 21.9 Å². The van der Waals surface area contributed by atoms with Crippen molar-refractivity contribution in [2.24, 2.45) is 5.92 Å². The van der Waals surface area contributed by atoms with Crippen LogP contribution >= 0.6 is 11.6 Å². The molecule has 0 unspecified atom stereocenters. The zero-order valence-corrected chi connectivity index (χ0v) is 15.6. The summed E-state index contributed by atoms with van der Waals surface area (Å²) in [4.78, 5) is 28.0. The van der Waals surface area contributed by atoms with E-state index in [-0.39, 0.29) is 5.91 Å². The number of amides is 1. The number of carbonyl (C=O) groups is 1. The molecule has 0 bridgehead atoms. The second kappa shape index (κ2) is 6.68. The Morgan fingerprint density at radius 1 is 1.27 bits per heavy atom. The first-order valence-corrected chi connectivity index (χ1v) is 9.16. The van der Waals surface area contributed by atoms with Gasteiger partial charge in [-0.05, 0) is 31.7 Å². The number of likely N-dealkylation sites (tertiary alicyclic amines) is 1. The van der Waals surface area contributed by atoms with Crippen LogP contribution < -0.4 is 0 Å². The average molecular weight is 370 g/mol. The van der Waals surface area contributed by atoms with Gasteiger partial charge in [-0.1, -0.05) is 18.5 Å². The van der Waals surface area contributed by atoms with E-state index in [1.807, 2.05) is 17.9 Å². The van der Waals surface area contributed by atoms with Gasteiger partial charge >= 0.3 is 0 Å². The Labute approximate surface area is 156 Å². The number of halogens is 1. The number of hydrogen-bond donors (Lipinski definition) is 0. The molecule has 0 atom stereocenters. The van der Waals surface area contributed by atoms with Gasteiger partial charge in [-0.15, -0.1) is 0 Å². The van der Waals surface area contributed by atoms with Crippen LogP contribution in [0.2, 0.25) is 5.02 Å². The van der Waals surface area contributed by atoms with E-state index in [1.54, 1.807) is 29.4 Å². The van der Waals surface area contributed by atoms with E-state index in [4.69, 9.17) is 11.6 Å². The molecule has 1 saturated heterocycles. The largest absolute Gasteiger partial charge is 0.339 e. The number of carbonyl (C=O) groups excluding carboxylic acids is 1. The molecule has 3 aromatic heterocycles. The summed E-state index contributed by atoms with van der Waals surface area (Å²) in [5.74, 6) is 1.35. The maximum absolute atomic E-state index is 13.0. The van der Waals surface area contributed by atoms with E-state index in [9.17, 15) is 4.79 Å². The second-order valence-corrected chi connectivity index (χ2v) is 7.29. The molecule has 1 amide bonds. The van der Waals surface area contributed by atoms with Crippen LogP contribution in [0.15, 0.2) is 30.9 Å². The number of fused-ring (bicyclic) bond motifs is 1. The van der Waals surface area contributed by atoms with Crippen molar-refractivity contribution in [2.75, 3.05) is 13.1 Å². The third-order valence-corrected chi connectivity index (χ3v) is 5.32. The Hall–Kier alpha value is -2.47.